The van der Waals surface area contributed by atoms with E-state index in [9.17, 15) is 4.79 Å². The molecule has 1 aromatic heterocycles. The number of pyridine rings is 1. The van der Waals surface area contributed by atoms with Crippen molar-refractivity contribution in [2.45, 2.75) is 33.5 Å². The summed E-state index contributed by atoms with van der Waals surface area (Å²) in [6, 6.07) is 20.5. The van der Waals surface area contributed by atoms with Gasteiger partial charge in [0.1, 0.15) is 12.0 Å². The van der Waals surface area contributed by atoms with E-state index in [-0.39, 0.29) is 11.7 Å². The van der Waals surface area contributed by atoms with Gasteiger partial charge in [0.15, 0.2) is 0 Å². The third kappa shape index (κ3) is 2.95. The first kappa shape index (κ1) is 18.2. The Bertz CT molecular complexity index is 1100. The molecule has 4 nitrogen and oxygen atoms in total. The van der Waals surface area contributed by atoms with Crippen molar-refractivity contribution < 1.29 is 0 Å². The van der Waals surface area contributed by atoms with E-state index in [1.807, 2.05) is 68.8 Å². The number of fused-ring (bicyclic) bond motifs is 1. The fourth-order valence-electron chi connectivity index (χ4n) is 3.89. The summed E-state index contributed by atoms with van der Waals surface area (Å²) in [5, 5.41) is 0. The molecule has 0 saturated heterocycles. The lowest BCUT2D eigenvalue weighted by atomic mass is 9.98. The number of aliphatic imine (C=N–C) groups is 1. The predicted molar refractivity (Wildman–Crippen MR) is 117 cm³/mol. The first-order chi connectivity index (χ1) is 13.5. The van der Waals surface area contributed by atoms with Crippen LogP contribution in [0.15, 0.2) is 70.5 Å². The van der Waals surface area contributed by atoms with Gasteiger partial charge < -0.3 is 4.90 Å². The molecule has 0 spiro atoms. The van der Waals surface area contributed by atoms with E-state index in [0.717, 1.165) is 33.8 Å². The first-order valence-corrected chi connectivity index (χ1v) is 9.72. The van der Waals surface area contributed by atoms with E-state index in [1.54, 1.807) is 0 Å². The molecule has 0 N–H and O–H groups in total. The maximum Gasteiger partial charge on any atom is 0.260 e. The third-order valence-corrected chi connectivity index (χ3v) is 5.54. The molecule has 0 aliphatic carbocycles. The summed E-state index contributed by atoms with van der Waals surface area (Å²) < 4.78 is 1.87. The number of hydrogen-bond donors (Lipinski definition) is 0. The van der Waals surface area contributed by atoms with E-state index in [1.165, 1.54) is 5.56 Å². The van der Waals surface area contributed by atoms with Gasteiger partial charge in [0, 0.05) is 30.4 Å². The molecule has 1 aliphatic heterocycles. The van der Waals surface area contributed by atoms with Crippen LogP contribution < -0.4 is 10.5 Å². The lowest BCUT2D eigenvalue weighted by Gasteiger charge is -2.33. The second-order valence-corrected chi connectivity index (χ2v) is 7.25. The van der Waals surface area contributed by atoms with Crippen molar-refractivity contribution in [1.29, 1.82) is 0 Å². The van der Waals surface area contributed by atoms with Crippen LogP contribution in [0.3, 0.4) is 0 Å². The summed E-state index contributed by atoms with van der Waals surface area (Å²) in [7, 11) is 2.00. The van der Waals surface area contributed by atoms with Crippen LogP contribution in [0.25, 0.3) is 22.3 Å². The molecule has 0 radical (unpaired) electrons. The van der Waals surface area contributed by atoms with Crippen LogP contribution in [0.4, 0.5) is 5.82 Å². The quantitative estimate of drug-likeness (QED) is 0.663. The SMILES string of the molecule is CCn1c2c(cc(-c3ccc(-c4ccccc4)cc3)c1=O)C(C)=NC(C)N2C. The molecule has 1 aliphatic rings. The second-order valence-electron chi connectivity index (χ2n) is 7.25. The Morgan fingerprint density at radius 3 is 2.18 bits per heavy atom. The summed E-state index contributed by atoms with van der Waals surface area (Å²) in [5.74, 6) is 0.956. The highest BCUT2D eigenvalue weighted by atomic mass is 16.1. The van der Waals surface area contributed by atoms with Gasteiger partial charge in [0.05, 0.1) is 0 Å². The molecule has 4 rings (SSSR count). The Kier molecular flexibility index (Phi) is 4.63. The van der Waals surface area contributed by atoms with Gasteiger partial charge in [0.2, 0.25) is 0 Å². The monoisotopic (exact) mass is 371 g/mol. The maximum atomic E-state index is 13.3. The molecular weight excluding hydrogens is 346 g/mol. The van der Waals surface area contributed by atoms with Crippen LogP contribution in [-0.4, -0.2) is 23.5 Å². The van der Waals surface area contributed by atoms with Gasteiger partial charge in [-0.2, -0.15) is 0 Å². The zero-order valence-electron chi connectivity index (χ0n) is 16.8. The van der Waals surface area contributed by atoms with E-state index in [4.69, 9.17) is 4.99 Å². The zero-order valence-corrected chi connectivity index (χ0v) is 16.8. The number of hydrogen-bond acceptors (Lipinski definition) is 3. The number of nitrogens with zero attached hydrogens (tertiary/aromatic N) is 3. The van der Waals surface area contributed by atoms with Crippen molar-refractivity contribution in [3.63, 3.8) is 0 Å². The minimum Gasteiger partial charge on any atom is -0.339 e. The molecule has 2 heterocycles. The summed E-state index contributed by atoms with van der Waals surface area (Å²) >= 11 is 0. The van der Waals surface area contributed by atoms with Crippen LogP contribution in [-0.2, 0) is 6.54 Å². The van der Waals surface area contributed by atoms with Crippen molar-refractivity contribution >= 4 is 11.5 Å². The maximum absolute atomic E-state index is 13.3. The highest BCUT2D eigenvalue weighted by molar-refractivity contribution is 6.05. The van der Waals surface area contributed by atoms with Crippen molar-refractivity contribution in [3.05, 3.63) is 76.6 Å². The van der Waals surface area contributed by atoms with E-state index in [2.05, 4.69) is 29.2 Å². The second kappa shape index (κ2) is 7.12. The van der Waals surface area contributed by atoms with Crippen LogP contribution >= 0.6 is 0 Å². The summed E-state index contributed by atoms with van der Waals surface area (Å²) in [4.78, 5) is 20.1. The van der Waals surface area contributed by atoms with Gasteiger partial charge in [-0.1, -0.05) is 54.6 Å². The van der Waals surface area contributed by atoms with Crippen molar-refractivity contribution in [2.24, 2.45) is 4.99 Å². The minimum atomic E-state index is 0.0284. The van der Waals surface area contributed by atoms with Gasteiger partial charge in [0.25, 0.3) is 5.56 Å². The molecule has 0 amide bonds. The third-order valence-electron chi connectivity index (χ3n) is 5.54. The number of anilines is 1. The highest BCUT2D eigenvalue weighted by Gasteiger charge is 2.25. The van der Waals surface area contributed by atoms with Gasteiger partial charge in [-0.25, -0.2) is 0 Å². The number of aromatic nitrogens is 1. The summed E-state index contributed by atoms with van der Waals surface area (Å²) in [6.45, 7) is 6.72. The van der Waals surface area contributed by atoms with Crippen molar-refractivity contribution in [2.75, 3.05) is 11.9 Å². The Labute approximate surface area is 165 Å². The van der Waals surface area contributed by atoms with Crippen LogP contribution in [0, 0.1) is 0 Å². The summed E-state index contributed by atoms with van der Waals surface area (Å²) in [6.07, 6.45) is 0.0284. The van der Waals surface area contributed by atoms with Gasteiger partial charge in [-0.05, 0) is 43.5 Å². The number of rotatable bonds is 3. The van der Waals surface area contributed by atoms with Gasteiger partial charge in [-0.15, -0.1) is 0 Å². The van der Waals surface area contributed by atoms with E-state index >= 15 is 0 Å². The van der Waals surface area contributed by atoms with Crippen LogP contribution in [0.2, 0.25) is 0 Å². The fourth-order valence-corrected chi connectivity index (χ4v) is 3.89. The smallest absolute Gasteiger partial charge is 0.260 e. The topological polar surface area (TPSA) is 37.6 Å². The fraction of sp³-hybridized carbons (Fsp3) is 0.250. The largest absolute Gasteiger partial charge is 0.339 e. The average molecular weight is 371 g/mol. The molecule has 28 heavy (non-hydrogen) atoms. The van der Waals surface area contributed by atoms with Crippen LogP contribution in [0.1, 0.15) is 26.3 Å². The lowest BCUT2D eigenvalue weighted by molar-refractivity contribution is 0.642. The standard InChI is InChI=1S/C24H25N3O/c1-5-27-23-21(16(2)25-17(3)26(23)4)15-22(24(27)28)20-13-11-19(12-14-20)18-9-7-6-8-10-18/h6-15,17H,5H2,1-4H3. The minimum absolute atomic E-state index is 0.0284. The van der Waals surface area contributed by atoms with Crippen molar-refractivity contribution in [1.82, 2.24) is 4.57 Å². The van der Waals surface area contributed by atoms with E-state index < -0.39 is 0 Å². The Hall–Kier alpha value is -3.14. The molecule has 1 unspecified atom stereocenters. The molecule has 2 aromatic carbocycles. The molecule has 0 bridgehead atoms. The average Bonchev–Trinajstić information content (AvgIpc) is 2.72. The first-order valence-electron chi connectivity index (χ1n) is 9.72. The Balaban J connectivity index is 1.85. The van der Waals surface area contributed by atoms with Crippen LogP contribution in [0.5, 0.6) is 0 Å². The van der Waals surface area contributed by atoms with Gasteiger partial charge in [-0.3, -0.25) is 14.4 Å². The Morgan fingerprint density at radius 2 is 1.54 bits per heavy atom. The number of benzene rings is 2. The predicted octanol–water partition coefficient (Wildman–Crippen LogP) is 4.81. The lowest BCUT2D eigenvalue weighted by Crippen LogP contribution is -2.39. The molecule has 4 heteroatoms. The van der Waals surface area contributed by atoms with Gasteiger partial charge >= 0.3 is 0 Å². The molecule has 0 saturated carbocycles. The molecule has 0 fully saturated rings. The van der Waals surface area contributed by atoms with Crippen molar-refractivity contribution in [3.8, 4) is 22.3 Å². The summed E-state index contributed by atoms with van der Waals surface area (Å²) in [5.41, 5.74) is 6.02. The molecule has 3 aromatic rings. The van der Waals surface area contributed by atoms with E-state index in [0.29, 0.717) is 6.54 Å². The zero-order chi connectivity index (χ0) is 19.8. The molecule has 1 atom stereocenters. The normalized spacial score (nSPS) is 15.9. The molecular formula is C24H25N3O. The molecule has 142 valence electrons. The Morgan fingerprint density at radius 1 is 0.929 bits per heavy atom. The highest BCUT2D eigenvalue weighted by Crippen LogP contribution is 2.30.